The number of benzene rings is 2. The standard InChI is InChI=1S/C33H44N2O6/c1-5-6-7-19-40-27-12-9-25(10-13-27)30-29(31(36)26-11-14-28(24(4)22-26)41-23(2)3)32(37)33(38)35(30)16-8-15-34-17-20-39-21-18-34/h9-14,22-23,30,36H,5-8,15-21H2,1-4H3/b31-29+. The van der Waals surface area contributed by atoms with E-state index in [1.54, 1.807) is 23.1 Å². The van der Waals surface area contributed by atoms with Gasteiger partial charge in [-0.15, -0.1) is 0 Å². The van der Waals surface area contributed by atoms with Crippen LogP contribution in [0, 0.1) is 6.92 Å². The summed E-state index contributed by atoms with van der Waals surface area (Å²) < 4.78 is 17.2. The number of hydrogen-bond acceptors (Lipinski definition) is 7. The highest BCUT2D eigenvalue weighted by Crippen LogP contribution is 2.40. The van der Waals surface area contributed by atoms with Crippen LogP contribution in [0.5, 0.6) is 11.5 Å². The first kappa shape index (κ1) is 30.6. The van der Waals surface area contributed by atoms with Crippen LogP contribution < -0.4 is 9.47 Å². The van der Waals surface area contributed by atoms with Crippen molar-refractivity contribution < 1.29 is 28.9 Å². The number of Topliss-reactive ketones (excluding diaryl/α,β-unsaturated/α-hetero) is 1. The van der Waals surface area contributed by atoms with Crippen LogP contribution >= 0.6 is 0 Å². The molecule has 0 spiro atoms. The summed E-state index contributed by atoms with van der Waals surface area (Å²) in [6.07, 6.45) is 3.94. The lowest BCUT2D eigenvalue weighted by molar-refractivity contribution is -0.140. The number of aryl methyl sites for hydroxylation is 1. The van der Waals surface area contributed by atoms with E-state index in [0.717, 1.165) is 55.8 Å². The van der Waals surface area contributed by atoms with Gasteiger partial charge in [-0.1, -0.05) is 31.9 Å². The average molecular weight is 565 g/mol. The molecule has 8 heteroatoms. The maximum absolute atomic E-state index is 13.5. The van der Waals surface area contributed by atoms with Gasteiger partial charge in [-0.25, -0.2) is 0 Å². The van der Waals surface area contributed by atoms with Crippen molar-refractivity contribution in [1.29, 1.82) is 0 Å². The second kappa shape index (κ2) is 14.5. The molecule has 8 nitrogen and oxygen atoms in total. The Bertz CT molecular complexity index is 1220. The lowest BCUT2D eigenvalue weighted by Crippen LogP contribution is -2.38. The summed E-state index contributed by atoms with van der Waals surface area (Å²) >= 11 is 0. The van der Waals surface area contributed by atoms with Crippen molar-refractivity contribution in [3.63, 3.8) is 0 Å². The van der Waals surface area contributed by atoms with Gasteiger partial charge >= 0.3 is 0 Å². The van der Waals surface area contributed by atoms with E-state index in [9.17, 15) is 14.7 Å². The van der Waals surface area contributed by atoms with Gasteiger partial charge in [0.05, 0.1) is 37.5 Å². The van der Waals surface area contributed by atoms with Crippen LogP contribution in [0.2, 0.25) is 0 Å². The molecule has 1 amide bonds. The lowest BCUT2D eigenvalue weighted by Gasteiger charge is -2.29. The third-order valence-corrected chi connectivity index (χ3v) is 7.54. The van der Waals surface area contributed by atoms with Gasteiger partial charge in [0.25, 0.3) is 11.7 Å². The molecule has 0 saturated carbocycles. The van der Waals surface area contributed by atoms with E-state index >= 15 is 0 Å². The fraction of sp³-hybridized carbons (Fsp3) is 0.515. The van der Waals surface area contributed by atoms with E-state index in [-0.39, 0.29) is 17.4 Å². The Labute approximate surface area is 243 Å². The highest BCUT2D eigenvalue weighted by Gasteiger charge is 2.45. The summed E-state index contributed by atoms with van der Waals surface area (Å²) in [6, 6.07) is 12.1. The molecular formula is C33H44N2O6. The number of likely N-dealkylation sites (tertiary alicyclic amines) is 1. The molecule has 1 unspecified atom stereocenters. The molecule has 222 valence electrons. The second-order valence-electron chi connectivity index (χ2n) is 11.1. The van der Waals surface area contributed by atoms with E-state index in [2.05, 4.69) is 11.8 Å². The van der Waals surface area contributed by atoms with Crippen LogP contribution in [-0.4, -0.2) is 78.7 Å². The summed E-state index contributed by atoms with van der Waals surface area (Å²) in [5.41, 5.74) is 2.18. The van der Waals surface area contributed by atoms with Crippen LogP contribution in [0.15, 0.2) is 48.0 Å². The number of morpholine rings is 1. The zero-order chi connectivity index (χ0) is 29.4. The van der Waals surface area contributed by atoms with Crippen molar-refractivity contribution in [2.45, 2.75) is 65.5 Å². The van der Waals surface area contributed by atoms with Crippen molar-refractivity contribution in [3.05, 3.63) is 64.7 Å². The lowest BCUT2D eigenvalue weighted by atomic mass is 9.94. The van der Waals surface area contributed by atoms with Crippen LogP contribution in [-0.2, 0) is 14.3 Å². The molecule has 1 N–H and O–H groups in total. The molecule has 0 radical (unpaired) electrons. The first-order valence-corrected chi connectivity index (χ1v) is 14.9. The number of rotatable bonds is 13. The number of aliphatic hydroxyl groups excluding tert-OH is 1. The largest absolute Gasteiger partial charge is 0.507 e. The molecule has 2 fully saturated rings. The van der Waals surface area contributed by atoms with Gasteiger partial charge in [0.1, 0.15) is 17.3 Å². The van der Waals surface area contributed by atoms with Gasteiger partial charge in [0.15, 0.2) is 0 Å². The van der Waals surface area contributed by atoms with Gasteiger partial charge in [-0.05, 0) is 75.1 Å². The van der Waals surface area contributed by atoms with Gasteiger partial charge in [0.2, 0.25) is 0 Å². The number of unbranched alkanes of at least 4 members (excludes halogenated alkanes) is 2. The SMILES string of the molecule is CCCCCOc1ccc(C2/C(=C(\O)c3ccc(OC(C)C)c(C)c3)C(=O)C(=O)N2CCCN2CCOCC2)cc1. The van der Waals surface area contributed by atoms with E-state index < -0.39 is 17.7 Å². The van der Waals surface area contributed by atoms with Crippen LogP contribution in [0.3, 0.4) is 0 Å². The fourth-order valence-corrected chi connectivity index (χ4v) is 5.37. The Kier molecular flexibility index (Phi) is 10.8. The third kappa shape index (κ3) is 7.68. The molecule has 1 atom stereocenters. The molecule has 2 aromatic rings. The minimum atomic E-state index is -0.694. The highest BCUT2D eigenvalue weighted by molar-refractivity contribution is 6.46. The zero-order valence-corrected chi connectivity index (χ0v) is 24.9. The van der Waals surface area contributed by atoms with E-state index in [1.165, 1.54) is 0 Å². The molecule has 2 aliphatic rings. The Balaban J connectivity index is 1.63. The Hall–Kier alpha value is -3.36. The fourth-order valence-electron chi connectivity index (χ4n) is 5.37. The second-order valence-corrected chi connectivity index (χ2v) is 11.1. The zero-order valence-electron chi connectivity index (χ0n) is 24.9. The summed E-state index contributed by atoms with van der Waals surface area (Å²) in [5, 5.41) is 11.5. The van der Waals surface area contributed by atoms with Crippen LogP contribution in [0.1, 0.15) is 69.2 Å². The molecule has 2 aromatic carbocycles. The van der Waals surface area contributed by atoms with Crippen LogP contribution in [0.4, 0.5) is 0 Å². The quantitative estimate of drug-likeness (QED) is 0.149. The number of ether oxygens (including phenoxy) is 3. The Morgan fingerprint density at radius 2 is 1.76 bits per heavy atom. The van der Waals surface area contributed by atoms with E-state index in [4.69, 9.17) is 14.2 Å². The molecule has 2 aliphatic heterocycles. The van der Waals surface area contributed by atoms with Gasteiger partial charge in [-0.3, -0.25) is 14.5 Å². The molecule has 0 bridgehead atoms. The molecule has 2 saturated heterocycles. The number of ketones is 1. The van der Waals surface area contributed by atoms with Crippen molar-refractivity contribution >= 4 is 17.4 Å². The summed E-state index contributed by atoms with van der Waals surface area (Å²) in [5.74, 6) is 0.0219. The molecule has 4 rings (SSSR count). The van der Waals surface area contributed by atoms with Crippen molar-refractivity contribution in [2.75, 3.05) is 46.0 Å². The van der Waals surface area contributed by atoms with Gasteiger partial charge < -0.3 is 24.2 Å². The molecule has 2 heterocycles. The first-order chi connectivity index (χ1) is 19.8. The number of carbonyl (C=O) groups is 2. The Morgan fingerprint density at radius 3 is 2.41 bits per heavy atom. The van der Waals surface area contributed by atoms with Gasteiger partial charge in [0, 0.05) is 31.7 Å². The third-order valence-electron chi connectivity index (χ3n) is 7.54. The smallest absolute Gasteiger partial charge is 0.295 e. The average Bonchev–Trinajstić information content (AvgIpc) is 3.22. The number of hydrogen-bond donors (Lipinski definition) is 1. The monoisotopic (exact) mass is 564 g/mol. The van der Waals surface area contributed by atoms with E-state index in [0.29, 0.717) is 44.1 Å². The van der Waals surface area contributed by atoms with Crippen molar-refractivity contribution in [1.82, 2.24) is 9.80 Å². The number of aliphatic hydroxyl groups is 1. The summed E-state index contributed by atoms with van der Waals surface area (Å²) in [6.45, 7) is 12.9. The maximum Gasteiger partial charge on any atom is 0.295 e. The summed E-state index contributed by atoms with van der Waals surface area (Å²) in [4.78, 5) is 30.8. The number of amides is 1. The number of nitrogens with zero attached hydrogens (tertiary/aromatic N) is 2. The maximum atomic E-state index is 13.5. The summed E-state index contributed by atoms with van der Waals surface area (Å²) in [7, 11) is 0. The topological polar surface area (TPSA) is 88.5 Å². The first-order valence-electron chi connectivity index (χ1n) is 14.9. The Morgan fingerprint density at radius 1 is 1.02 bits per heavy atom. The molecule has 0 aromatic heterocycles. The predicted octanol–water partition coefficient (Wildman–Crippen LogP) is 5.50. The van der Waals surface area contributed by atoms with E-state index in [1.807, 2.05) is 45.0 Å². The normalized spacial score (nSPS) is 19.2. The molecular weight excluding hydrogens is 520 g/mol. The minimum Gasteiger partial charge on any atom is -0.507 e. The molecule has 41 heavy (non-hydrogen) atoms. The van der Waals surface area contributed by atoms with Gasteiger partial charge in [-0.2, -0.15) is 0 Å². The van der Waals surface area contributed by atoms with Crippen molar-refractivity contribution in [2.24, 2.45) is 0 Å². The number of carbonyl (C=O) groups excluding carboxylic acids is 2. The highest BCUT2D eigenvalue weighted by atomic mass is 16.5. The molecule has 0 aliphatic carbocycles. The minimum absolute atomic E-state index is 0.00882. The predicted molar refractivity (Wildman–Crippen MR) is 159 cm³/mol. The van der Waals surface area contributed by atoms with Crippen LogP contribution in [0.25, 0.3) is 5.76 Å². The van der Waals surface area contributed by atoms with Crippen molar-refractivity contribution in [3.8, 4) is 11.5 Å².